The number of hydrogen-bond donors (Lipinski definition) is 1. The quantitative estimate of drug-likeness (QED) is 0.736. The first kappa shape index (κ1) is 17.6. The van der Waals surface area contributed by atoms with Gasteiger partial charge in [0.05, 0.1) is 22.0 Å². The van der Waals surface area contributed by atoms with Crippen LogP contribution in [0.15, 0.2) is 29.6 Å². The lowest BCUT2D eigenvalue weighted by molar-refractivity contribution is 0.0954. The van der Waals surface area contributed by atoms with Crippen LogP contribution in [-0.2, 0) is 6.42 Å². The fourth-order valence-electron chi connectivity index (χ4n) is 2.40. The van der Waals surface area contributed by atoms with Crippen LogP contribution >= 0.6 is 22.9 Å². The monoisotopic (exact) mass is 378 g/mol. The molecule has 2 aromatic heterocycles. The number of nitrogens with one attached hydrogen (secondary N) is 1. The summed E-state index contributed by atoms with van der Waals surface area (Å²) in [5.74, 6) is -0.806. The topological polar surface area (TPSA) is 59.8 Å². The lowest BCUT2D eigenvalue weighted by atomic mass is 10.2. The van der Waals surface area contributed by atoms with Gasteiger partial charge in [-0.3, -0.25) is 4.79 Å². The van der Waals surface area contributed by atoms with Crippen LogP contribution in [0, 0.1) is 19.7 Å². The van der Waals surface area contributed by atoms with Crippen molar-refractivity contribution in [2.24, 2.45) is 0 Å². The molecule has 0 saturated heterocycles. The number of aromatic nitrogens is 3. The van der Waals surface area contributed by atoms with Gasteiger partial charge in [-0.15, -0.1) is 11.3 Å². The SMILES string of the molecule is Cc1cc(C)n(-c2nc(CCNC(=O)c3ccc(F)cc3Cl)cs2)n1. The van der Waals surface area contributed by atoms with Crippen molar-refractivity contribution >= 4 is 28.8 Å². The number of hydrogen-bond acceptors (Lipinski definition) is 4. The molecule has 2 heterocycles. The highest BCUT2D eigenvalue weighted by atomic mass is 35.5. The summed E-state index contributed by atoms with van der Waals surface area (Å²) in [6.45, 7) is 4.33. The van der Waals surface area contributed by atoms with Crippen LogP contribution in [0.5, 0.6) is 0 Å². The number of thiazole rings is 1. The zero-order chi connectivity index (χ0) is 18.0. The molecule has 0 bridgehead atoms. The van der Waals surface area contributed by atoms with Crippen LogP contribution in [0.4, 0.5) is 4.39 Å². The molecule has 0 aliphatic carbocycles. The molecule has 3 rings (SSSR count). The van der Waals surface area contributed by atoms with E-state index < -0.39 is 5.82 Å². The summed E-state index contributed by atoms with van der Waals surface area (Å²) in [5, 5.41) is 10.0. The molecule has 25 heavy (non-hydrogen) atoms. The molecule has 130 valence electrons. The summed E-state index contributed by atoms with van der Waals surface area (Å²) in [5.41, 5.74) is 3.10. The zero-order valence-corrected chi connectivity index (χ0v) is 15.3. The lowest BCUT2D eigenvalue weighted by Gasteiger charge is -2.06. The maximum atomic E-state index is 13.0. The highest BCUT2D eigenvalue weighted by molar-refractivity contribution is 7.12. The van der Waals surface area contributed by atoms with Gasteiger partial charge in [0.15, 0.2) is 0 Å². The first-order chi connectivity index (χ1) is 11.9. The summed E-state index contributed by atoms with van der Waals surface area (Å²) in [6.07, 6.45) is 0.584. The Balaban J connectivity index is 1.59. The molecular weight excluding hydrogens is 363 g/mol. The van der Waals surface area contributed by atoms with E-state index in [-0.39, 0.29) is 16.5 Å². The van der Waals surface area contributed by atoms with E-state index in [1.807, 2.05) is 25.3 Å². The molecule has 0 atom stereocenters. The van der Waals surface area contributed by atoms with E-state index in [1.165, 1.54) is 23.5 Å². The molecular formula is C17H16ClFN4OS. The van der Waals surface area contributed by atoms with E-state index in [1.54, 1.807) is 4.68 Å². The predicted molar refractivity (Wildman–Crippen MR) is 96.2 cm³/mol. The van der Waals surface area contributed by atoms with Gasteiger partial charge >= 0.3 is 0 Å². The average Bonchev–Trinajstić information content (AvgIpc) is 3.13. The Hall–Kier alpha value is -2.25. The van der Waals surface area contributed by atoms with E-state index in [4.69, 9.17) is 11.6 Å². The molecule has 1 N–H and O–H groups in total. The number of nitrogens with zero attached hydrogens (tertiary/aromatic N) is 3. The molecule has 1 aromatic carbocycles. The van der Waals surface area contributed by atoms with Crippen molar-refractivity contribution in [3.05, 3.63) is 63.1 Å². The van der Waals surface area contributed by atoms with Crippen molar-refractivity contribution in [1.82, 2.24) is 20.1 Å². The van der Waals surface area contributed by atoms with Crippen molar-refractivity contribution < 1.29 is 9.18 Å². The van der Waals surface area contributed by atoms with Crippen LogP contribution in [0.3, 0.4) is 0 Å². The standard InChI is InChI=1S/C17H16ClFN4OS/c1-10-7-11(2)23(22-10)17-21-13(9-25-17)5-6-20-16(24)14-4-3-12(19)8-15(14)18/h3-4,7-9H,5-6H2,1-2H3,(H,20,24). The highest BCUT2D eigenvalue weighted by Gasteiger charge is 2.12. The Morgan fingerprint density at radius 3 is 2.84 bits per heavy atom. The number of rotatable bonds is 5. The minimum absolute atomic E-state index is 0.0953. The van der Waals surface area contributed by atoms with Gasteiger partial charge in [-0.2, -0.15) is 5.10 Å². The molecule has 5 nitrogen and oxygen atoms in total. The van der Waals surface area contributed by atoms with Gasteiger partial charge in [0.1, 0.15) is 5.82 Å². The number of carbonyl (C=O) groups excluding carboxylic acids is 1. The van der Waals surface area contributed by atoms with Crippen molar-refractivity contribution in [2.45, 2.75) is 20.3 Å². The molecule has 8 heteroatoms. The van der Waals surface area contributed by atoms with Gasteiger partial charge in [-0.25, -0.2) is 14.1 Å². The first-order valence-electron chi connectivity index (χ1n) is 7.65. The highest BCUT2D eigenvalue weighted by Crippen LogP contribution is 2.18. The molecule has 0 radical (unpaired) electrons. The van der Waals surface area contributed by atoms with Crippen molar-refractivity contribution in [3.63, 3.8) is 0 Å². The maximum absolute atomic E-state index is 13.0. The number of amides is 1. The van der Waals surface area contributed by atoms with E-state index in [0.717, 1.165) is 28.3 Å². The number of aryl methyl sites for hydroxylation is 2. The largest absolute Gasteiger partial charge is 0.352 e. The van der Waals surface area contributed by atoms with Gasteiger partial charge in [0, 0.05) is 24.0 Å². The molecule has 0 spiro atoms. The van der Waals surface area contributed by atoms with Gasteiger partial charge in [-0.05, 0) is 38.1 Å². The minimum Gasteiger partial charge on any atom is -0.352 e. The Labute approximate surface area is 153 Å². The van der Waals surface area contributed by atoms with Crippen LogP contribution in [0.25, 0.3) is 5.13 Å². The van der Waals surface area contributed by atoms with Gasteiger partial charge in [0.25, 0.3) is 5.91 Å². The van der Waals surface area contributed by atoms with Gasteiger partial charge in [-0.1, -0.05) is 11.6 Å². The third kappa shape index (κ3) is 4.05. The molecule has 0 aliphatic rings. The average molecular weight is 379 g/mol. The van der Waals surface area contributed by atoms with Crippen LogP contribution in [-0.4, -0.2) is 27.2 Å². The van der Waals surface area contributed by atoms with E-state index in [2.05, 4.69) is 15.4 Å². The third-order valence-electron chi connectivity index (χ3n) is 3.57. The van der Waals surface area contributed by atoms with Crippen LogP contribution in [0.2, 0.25) is 5.02 Å². The fraction of sp³-hybridized carbons (Fsp3) is 0.235. The molecule has 3 aromatic rings. The maximum Gasteiger partial charge on any atom is 0.252 e. The molecule has 0 saturated carbocycles. The Bertz CT molecular complexity index is 921. The molecule has 0 unspecified atom stereocenters. The summed E-state index contributed by atoms with van der Waals surface area (Å²) in [4.78, 5) is 16.6. The zero-order valence-electron chi connectivity index (χ0n) is 13.7. The number of halogens is 2. The van der Waals surface area contributed by atoms with Gasteiger partial charge in [0.2, 0.25) is 5.13 Å². The summed E-state index contributed by atoms with van der Waals surface area (Å²) in [7, 11) is 0. The second-order valence-corrected chi connectivity index (χ2v) is 6.83. The molecule has 0 fully saturated rings. The van der Waals surface area contributed by atoms with Crippen LogP contribution in [0.1, 0.15) is 27.4 Å². The smallest absolute Gasteiger partial charge is 0.252 e. The van der Waals surface area contributed by atoms with Crippen molar-refractivity contribution in [3.8, 4) is 5.13 Å². The summed E-state index contributed by atoms with van der Waals surface area (Å²) < 4.78 is 14.8. The Morgan fingerprint density at radius 2 is 2.16 bits per heavy atom. The first-order valence-corrected chi connectivity index (χ1v) is 8.91. The van der Waals surface area contributed by atoms with E-state index in [9.17, 15) is 9.18 Å². The second-order valence-electron chi connectivity index (χ2n) is 5.59. The van der Waals surface area contributed by atoms with E-state index >= 15 is 0 Å². The summed E-state index contributed by atoms with van der Waals surface area (Å²) in [6, 6.07) is 5.70. The van der Waals surface area contributed by atoms with Crippen molar-refractivity contribution in [1.29, 1.82) is 0 Å². The predicted octanol–water partition coefficient (Wildman–Crippen LogP) is 3.71. The summed E-state index contributed by atoms with van der Waals surface area (Å²) >= 11 is 7.39. The normalized spacial score (nSPS) is 10.9. The van der Waals surface area contributed by atoms with Crippen LogP contribution < -0.4 is 5.32 Å². The lowest BCUT2D eigenvalue weighted by Crippen LogP contribution is -2.26. The number of carbonyl (C=O) groups is 1. The molecule has 1 amide bonds. The third-order valence-corrected chi connectivity index (χ3v) is 4.75. The van der Waals surface area contributed by atoms with Crippen molar-refractivity contribution in [2.75, 3.05) is 6.54 Å². The second kappa shape index (κ2) is 7.33. The minimum atomic E-state index is -0.472. The number of benzene rings is 1. The Morgan fingerprint density at radius 1 is 1.36 bits per heavy atom. The van der Waals surface area contributed by atoms with Gasteiger partial charge < -0.3 is 5.32 Å². The molecule has 0 aliphatic heterocycles. The Kier molecular flexibility index (Phi) is 5.15. The van der Waals surface area contributed by atoms with E-state index in [0.29, 0.717) is 13.0 Å². The fourth-order valence-corrected chi connectivity index (χ4v) is 3.52.